The zero-order valence-corrected chi connectivity index (χ0v) is 13.6. The van der Waals surface area contributed by atoms with Crippen LogP contribution in [0.2, 0.25) is 0 Å². The summed E-state index contributed by atoms with van der Waals surface area (Å²) in [5.74, 6) is 2.01. The molecule has 0 aromatic heterocycles. The Kier molecular flexibility index (Phi) is 6.73. The third kappa shape index (κ3) is 6.35. The molecule has 0 saturated carbocycles. The molecule has 0 aliphatic carbocycles. The SMILES string of the molecule is CCCNC(CSC(C)(C)C)c1cccc(OC)c1. The lowest BCUT2D eigenvalue weighted by Crippen LogP contribution is -2.26. The van der Waals surface area contributed by atoms with Gasteiger partial charge >= 0.3 is 0 Å². The summed E-state index contributed by atoms with van der Waals surface area (Å²) in [6.45, 7) is 10.0. The van der Waals surface area contributed by atoms with Crippen molar-refractivity contribution in [3.05, 3.63) is 29.8 Å². The maximum atomic E-state index is 5.32. The Morgan fingerprint density at radius 1 is 1.32 bits per heavy atom. The molecule has 1 rings (SSSR count). The highest BCUT2D eigenvalue weighted by Gasteiger charge is 2.17. The van der Waals surface area contributed by atoms with Crippen LogP contribution in [0.5, 0.6) is 5.75 Å². The van der Waals surface area contributed by atoms with Gasteiger partial charge in [-0.2, -0.15) is 11.8 Å². The van der Waals surface area contributed by atoms with Crippen molar-refractivity contribution in [3.8, 4) is 5.75 Å². The maximum absolute atomic E-state index is 5.32. The van der Waals surface area contributed by atoms with Crippen LogP contribution in [0.4, 0.5) is 0 Å². The molecule has 3 heteroatoms. The fourth-order valence-corrected chi connectivity index (χ4v) is 2.76. The Hall–Kier alpha value is -0.670. The first-order chi connectivity index (χ1) is 8.96. The lowest BCUT2D eigenvalue weighted by atomic mass is 10.1. The summed E-state index contributed by atoms with van der Waals surface area (Å²) in [4.78, 5) is 0. The van der Waals surface area contributed by atoms with E-state index in [0.29, 0.717) is 10.8 Å². The number of nitrogens with one attached hydrogen (secondary N) is 1. The molecule has 0 aliphatic rings. The molecule has 2 nitrogen and oxygen atoms in total. The first-order valence-electron chi connectivity index (χ1n) is 6.97. The highest BCUT2D eigenvalue weighted by atomic mass is 32.2. The third-order valence-corrected chi connectivity index (χ3v) is 4.19. The van der Waals surface area contributed by atoms with Crippen LogP contribution < -0.4 is 10.1 Å². The van der Waals surface area contributed by atoms with Gasteiger partial charge in [0.25, 0.3) is 0 Å². The van der Waals surface area contributed by atoms with Crippen LogP contribution >= 0.6 is 11.8 Å². The molecule has 1 aromatic carbocycles. The van der Waals surface area contributed by atoms with Crippen molar-refractivity contribution in [1.29, 1.82) is 0 Å². The van der Waals surface area contributed by atoms with Gasteiger partial charge in [-0.3, -0.25) is 0 Å². The molecule has 0 saturated heterocycles. The largest absolute Gasteiger partial charge is 0.497 e. The van der Waals surface area contributed by atoms with E-state index in [1.54, 1.807) is 7.11 Å². The third-order valence-electron chi connectivity index (χ3n) is 2.82. The van der Waals surface area contributed by atoms with Crippen LogP contribution in [0.25, 0.3) is 0 Å². The minimum absolute atomic E-state index is 0.297. The summed E-state index contributed by atoms with van der Waals surface area (Å²) >= 11 is 2.00. The zero-order chi connectivity index (χ0) is 14.3. The summed E-state index contributed by atoms with van der Waals surface area (Å²) in [6, 6.07) is 8.77. The van der Waals surface area contributed by atoms with Crippen LogP contribution in [-0.2, 0) is 0 Å². The smallest absolute Gasteiger partial charge is 0.119 e. The normalized spacial score (nSPS) is 13.3. The highest BCUT2D eigenvalue weighted by molar-refractivity contribution is 8.00. The Bertz CT molecular complexity index is 373. The first kappa shape index (κ1) is 16.4. The van der Waals surface area contributed by atoms with Crippen molar-refractivity contribution in [2.75, 3.05) is 19.4 Å². The summed E-state index contributed by atoms with van der Waals surface area (Å²) in [5.41, 5.74) is 1.31. The van der Waals surface area contributed by atoms with Gasteiger partial charge in [0.1, 0.15) is 5.75 Å². The van der Waals surface area contributed by atoms with Crippen LogP contribution in [0.15, 0.2) is 24.3 Å². The number of benzene rings is 1. The topological polar surface area (TPSA) is 21.3 Å². The number of ether oxygens (including phenoxy) is 1. The van der Waals surface area contributed by atoms with Gasteiger partial charge in [-0.1, -0.05) is 39.8 Å². The van der Waals surface area contributed by atoms with E-state index in [4.69, 9.17) is 4.74 Å². The van der Waals surface area contributed by atoms with Crippen LogP contribution in [0.3, 0.4) is 0 Å². The predicted octanol–water partition coefficient (Wildman–Crippen LogP) is 4.27. The Morgan fingerprint density at radius 3 is 2.63 bits per heavy atom. The molecule has 1 aromatic rings. The van der Waals surface area contributed by atoms with Crippen molar-refractivity contribution < 1.29 is 4.74 Å². The van der Waals surface area contributed by atoms with Crippen LogP contribution in [0, 0.1) is 0 Å². The molecule has 0 spiro atoms. The summed E-state index contributed by atoms with van der Waals surface area (Å²) in [5, 5.41) is 3.63. The number of rotatable bonds is 7. The van der Waals surface area contributed by atoms with E-state index in [1.807, 2.05) is 17.8 Å². The molecule has 0 amide bonds. The Labute approximate surface area is 122 Å². The van der Waals surface area contributed by atoms with Crippen molar-refractivity contribution >= 4 is 11.8 Å². The van der Waals surface area contributed by atoms with Crippen molar-refractivity contribution in [3.63, 3.8) is 0 Å². The van der Waals surface area contributed by atoms with Crippen LogP contribution in [0.1, 0.15) is 45.7 Å². The highest BCUT2D eigenvalue weighted by Crippen LogP contribution is 2.29. The molecule has 0 fully saturated rings. The molecule has 108 valence electrons. The average molecular weight is 281 g/mol. The van der Waals surface area contributed by atoms with Gasteiger partial charge in [0.15, 0.2) is 0 Å². The molecule has 0 heterocycles. The molecule has 0 radical (unpaired) electrons. The van der Waals surface area contributed by atoms with Gasteiger partial charge < -0.3 is 10.1 Å². The van der Waals surface area contributed by atoms with E-state index in [-0.39, 0.29) is 0 Å². The molecule has 0 bridgehead atoms. The summed E-state index contributed by atoms with van der Waals surface area (Å²) in [7, 11) is 1.72. The van der Waals surface area contributed by atoms with Gasteiger partial charge in [0.2, 0.25) is 0 Å². The van der Waals surface area contributed by atoms with E-state index >= 15 is 0 Å². The number of thioether (sulfide) groups is 1. The number of hydrogen-bond donors (Lipinski definition) is 1. The van der Waals surface area contributed by atoms with Crippen molar-refractivity contribution in [2.45, 2.75) is 44.9 Å². The average Bonchev–Trinajstić information content (AvgIpc) is 2.38. The van der Waals surface area contributed by atoms with Gasteiger partial charge in [0, 0.05) is 16.5 Å². The monoisotopic (exact) mass is 281 g/mol. The molecule has 1 unspecified atom stereocenters. The Balaban J connectivity index is 2.76. The van der Waals surface area contributed by atoms with Gasteiger partial charge in [-0.15, -0.1) is 0 Å². The maximum Gasteiger partial charge on any atom is 0.119 e. The second-order valence-corrected chi connectivity index (χ2v) is 7.55. The van der Waals surface area contributed by atoms with Gasteiger partial charge in [-0.05, 0) is 30.7 Å². The molecule has 0 aliphatic heterocycles. The van der Waals surface area contributed by atoms with Crippen molar-refractivity contribution in [1.82, 2.24) is 5.32 Å². The van der Waals surface area contributed by atoms with Gasteiger partial charge in [0.05, 0.1) is 7.11 Å². The van der Waals surface area contributed by atoms with Gasteiger partial charge in [-0.25, -0.2) is 0 Å². The van der Waals surface area contributed by atoms with Crippen molar-refractivity contribution in [2.24, 2.45) is 0 Å². The first-order valence-corrected chi connectivity index (χ1v) is 7.96. The Morgan fingerprint density at radius 2 is 2.05 bits per heavy atom. The molecule has 19 heavy (non-hydrogen) atoms. The molecule has 1 N–H and O–H groups in total. The van der Waals surface area contributed by atoms with Crippen LogP contribution in [-0.4, -0.2) is 24.2 Å². The minimum Gasteiger partial charge on any atom is -0.497 e. The lowest BCUT2D eigenvalue weighted by molar-refractivity contribution is 0.413. The molecular formula is C16H27NOS. The van der Waals surface area contributed by atoms with E-state index in [2.05, 4.69) is 51.2 Å². The second-order valence-electron chi connectivity index (χ2n) is 5.71. The minimum atomic E-state index is 0.297. The quantitative estimate of drug-likeness (QED) is 0.806. The van der Waals surface area contributed by atoms with E-state index in [9.17, 15) is 0 Å². The number of hydrogen-bond acceptors (Lipinski definition) is 3. The molecule has 1 atom stereocenters. The number of methoxy groups -OCH3 is 1. The van der Waals surface area contributed by atoms with E-state index in [1.165, 1.54) is 5.56 Å². The summed E-state index contributed by atoms with van der Waals surface area (Å²) in [6.07, 6.45) is 1.15. The standard InChI is InChI=1S/C16H27NOS/c1-6-10-17-15(12-19-16(2,3)4)13-8-7-9-14(11-13)18-5/h7-9,11,15,17H,6,10,12H2,1-5H3. The summed E-state index contributed by atoms with van der Waals surface area (Å²) < 4.78 is 5.62. The zero-order valence-electron chi connectivity index (χ0n) is 12.8. The molecular weight excluding hydrogens is 254 g/mol. The predicted molar refractivity (Wildman–Crippen MR) is 86.2 cm³/mol. The second kappa shape index (κ2) is 7.81. The van der Waals surface area contributed by atoms with E-state index in [0.717, 1.165) is 24.5 Å². The van der Waals surface area contributed by atoms with E-state index < -0.39 is 0 Å². The fraction of sp³-hybridized carbons (Fsp3) is 0.625. The lowest BCUT2D eigenvalue weighted by Gasteiger charge is -2.24. The fourth-order valence-electron chi connectivity index (χ4n) is 1.78.